The highest BCUT2D eigenvalue weighted by Crippen LogP contribution is 2.30. The number of amides is 1. The van der Waals surface area contributed by atoms with Crippen molar-refractivity contribution in [2.24, 2.45) is 5.92 Å². The maximum atomic E-state index is 12.2. The molecule has 1 heterocycles. The molecule has 0 radical (unpaired) electrons. The van der Waals surface area contributed by atoms with Crippen molar-refractivity contribution in [2.75, 3.05) is 20.8 Å². The van der Waals surface area contributed by atoms with Crippen LogP contribution in [0.25, 0.3) is 0 Å². The molecule has 0 unspecified atom stereocenters. The molecule has 1 fully saturated rings. The van der Waals surface area contributed by atoms with E-state index in [-0.39, 0.29) is 5.91 Å². The van der Waals surface area contributed by atoms with E-state index in [1.54, 1.807) is 37.3 Å². The Morgan fingerprint density at radius 2 is 1.89 bits per heavy atom. The third-order valence-corrected chi connectivity index (χ3v) is 7.10. The summed E-state index contributed by atoms with van der Waals surface area (Å²) in [6.45, 7) is 0.808. The quantitative estimate of drug-likeness (QED) is 0.596. The topological polar surface area (TPSA) is 60.5 Å². The summed E-state index contributed by atoms with van der Waals surface area (Å²) in [5.41, 5.74) is 1.96. The standard InChI is InChI=1S/C21H28N2O3S2/c1-25-18-8-16(9-19(11-18)26-2)13-27-21-23-17(14-28-21)10-20(24)22-12-15-6-4-3-5-7-15/h8-9,11,14-15H,3-7,10,12-13H2,1-2H3,(H,22,24). The predicted octanol–water partition coefficient (Wildman–Crippen LogP) is 4.69. The lowest BCUT2D eigenvalue weighted by molar-refractivity contribution is -0.120. The number of nitrogens with zero attached hydrogens (tertiary/aromatic N) is 1. The summed E-state index contributed by atoms with van der Waals surface area (Å²) >= 11 is 3.25. The van der Waals surface area contributed by atoms with Gasteiger partial charge in [-0.05, 0) is 36.5 Å². The van der Waals surface area contributed by atoms with E-state index in [2.05, 4.69) is 10.3 Å². The van der Waals surface area contributed by atoms with E-state index in [0.717, 1.165) is 39.4 Å². The van der Waals surface area contributed by atoms with E-state index in [9.17, 15) is 4.79 Å². The molecule has 3 rings (SSSR count). The Balaban J connectivity index is 1.46. The molecule has 5 nitrogen and oxygen atoms in total. The molecule has 1 aliphatic carbocycles. The van der Waals surface area contributed by atoms with E-state index >= 15 is 0 Å². The molecule has 0 spiro atoms. The van der Waals surface area contributed by atoms with Crippen LogP contribution in [0.2, 0.25) is 0 Å². The van der Waals surface area contributed by atoms with Crippen LogP contribution < -0.4 is 14.8 Å². The van der Waals surface area contributed by atoms with Gasteiger partial charge in [0.1, 0.15) is 15.8 Å². The fraction of sp³-hybridized carbons (Fsp3) is 0.524. The molecule has 0 bridgehead atoms. The van der Waals surface area contributed by atoms with Gasteiger partial charge < -0.3 is 14.8 Å². The normalized spacial score (nSPS) is 14.6. The summed E-state index contributed by atoms with van der Waals surface area (Å²) < 4.78 is 11.6. The smallest absolute Gasteiger partial charge is 0.226 e. The minimum atomic E-state index is 0.0740. The van der Waals surface area contributed by atoms with Crippen LogP contribution >= 0.6 is 23.1 Å². The van der Waals surface area contributed by atoms with Crippen LogP contribution in [-0.4, -0.2) is 31.7 Å². The lowest BCUT2D eigenvalue weighted by Crippen LogP contribution is -2.31. The monoisotopic (exact) mass is 420 g/mol. The van der Waals surface area contributed by atoms with Crippen LogP contribution in [0.5, 0.6) is 11.5 Å². The highest BCUT2D eigenvalue weighted by atomic mass is 32.2. The minimum absolute atomic E-state index is 0.0740. The molecule has 1 aromatic heterocycles. The number of hydrogen-bond acceptors (Lipinski definition) is 6. The van der Waals surface area contributed by atoms with E-state index in [4.69, 9.17) is 9.47 Å². The molecule has 0 saturated heterocycles. The maximum Gasteiger partial charge on any atom is 0.226 e. The zero-order valence-corrected chi connectivity index (χ0v) is 18.2. The van der Waals surface area contributed by atoms with Gasteiger partial charge >= 0.3 is 0 Å². The highest BCUT2D eigenvalue weighted by molar-refractivity contribution is 8.00. The lowest BCUT2D eigenvalue weighted by Gasteiger charge is -2.21. The number of ether oxygens (including phenoxy) is 2. The summed E-state index contributed by atoms with van der Waals surface area (Å²) in [7, 11) is 3.30. The van der Waals surface area contributed by atoms with Crippen molar-refractivity contribution < 1.29 is 14.3 Å². The maximum absolute atomic E-state index is 12.2. The molecule has 1 aliphatic rings. The summed E-state index contributed by atoms with van der Waals surface area (Å²) in [5, 5.41) is 5.07. The first-order chi connectivity index (χ1) is 13.7. The van der Waals surface area contributed by atoms with Crippen LogP contribution in [0.15, 0.2) is 27.9 Å². The Morgan fingerprint density at radius 1 is 1.18 bits per heavy atom. The van der Waals surface area contributed by atoms with Crippen molar-refractivity contribution in [2.45, 2.75) is 48.6 Å². The van der Waals surface area contributed by atoms with Gasteiger partial charge in [-0.1, -0.05) is 31.0 Å². The second-order valence-electron chi connectivity index (χ2n) is 7.10. The van der Waals surface area contributed by atoms with Crippen LogP contribution in [-0.2, 0) is 17.0 Å². The first-order valence-corrected chi connectivity index (χ1v) is 11.6. The molecule has 1 N–H and O–H groups in total. The fourth-order valence-corrected chi connectivity index (χ4v) is 5.18. The predicted molar refractivity (Wildman–Crippen MR) is 115 cm³/mol. The van der Waals surface area contributed by atoms with Crippen molar-refractivity contribution in [3.63, 3.8) is 0 Å². The first kappa shape index (κ1) is 21.0. The molecule has 152 valence electrons. The summed E-state index contributed by atoms with van der Waals surface area (Å²) in [6, 6.07) is 5.87. The van der Waals surface area contributed by atoms with Gasteiger partial charge in [-0.25, -0.2) is 4.98 Å². The Kier molecular flexibility index (Phi) is 8.03. The summed E-state index contributed by atoms with van der Waals surface area (Å²) in [6.07, 6.45) is 6.78. The van der Waals surface area contributed by atoms with Crippen molar-refractivity contribution >= 4 is 29.0 Å². The fourth-order valence-electron chi connectivity index (χ4n) is 3.41. The zero-order chi connectivity index (χ0) is 19.8. The number of nitrogens with one attached hydrogen (secondary N) is 1. The highest BCUT2D eigenvalue weighted by Gasteiger charge is 2.15. The summed E-state index contributed by atoms with van der Waals surface area (Å²) in [5.74, 6) is 3.06. The van der Waals surface area contributed by atoms with E-state index in [1.807, 2.05) is 23.6 Å². The second kappa shape index (κ2) is 10.7. The number of methoxy groups -OCH3 is 2. The number of thiazole rings is 1. The van der Waals surface area contributed by atoms with Crippen LogP contribution in [0.3, 0.4) is 0 Å². The van der Waals surface area contributed by atoms with Crippen molar-refractivity contribution in [3.8, 4) is 11.5 Å². The van der Waals surface area contributed by atoms with Gasteiger partial charge in [-0.15, -0.1) is 11.3 Å². The first-order valence-electron chi connectivity index (χ1n) is 9.72. The lowest BCUT2D eigenvalue weighted by atomic mass is 9.89. The van der Waals surface area contributed by atoms with Gasteiger partial charge in [0, 0.05) is 23.7 Å². The number of carbonyl (C=O) groups excluding carboxylic acids is 1. The zero-order valence-electron chi connectivity index (χ0n) is 16.5. The van der Waals surface area contributed by atoms with Gasteiger partial charge in [-0.3, -0.25) is 4.79 Å². The Bertz CT molecular complexity index is 751. The Labute approximate surface area is 175 Å². The van der Waals surface area contributed by atoms with Crippen molar-refractivity contribution in [3.05, 3.63) is 34.8 Å². The van der Waals surface area contributed by atoms with E-state index in [1.165, 1.54) is 32.1 Å². The van der Waals surface area contributed by atoms with E-state index in [0.29, 0.717) is 12.3 Å². The van der Waals surface area contributed by atoms with Gasteiger partial charge in [0.05, 0.1) is 26.3 Å². The molecule has 28 heavy (non-hydrogen) atoms. The number of benzene rings is 1. The third kappa shape index (κ3) is 6.41. The molecule has 2 aromatic rings. The molecule has 1 saturated carbocycles. The van der Waals surface area contributed by atoms with Gasteiger partial charge in [0.15, 0.2) is 0 Å². The molecule has 1 amide bonds. The van der Waals surface area contributed by atoms with Crippen LogP contribution in [0.4, 0.5) is 0 Å². The molecule has 0 aliphatic heterocycles. The van der Waals surface area contributed by atoms with Crippen LogP contribution in [0.1, 0.15) is 43.4 Å². The van der Waals surface area contributed by atoms with Gasteiger partial charge in [0.25, 0.3) is 0 Å². The number of hydrogen-bond donors (Lipinski definition) is 1. The minimum Gasteiger partial charge on any atom is -0.497 e. The molecular weight excluding hydrogens is 392 g/mol. The largest absolute Gasteiger partial charge is 0.497 e. The van der Waals surface area contributed by atoms with Crippen molar-refractivity contribution in [1.29, 1.82) is 0 Å². The molecular formula is C21H28N2O3S2. The van der Waals surface area contributed by atoms with Crippen LogP contribution in [0, 0.1) is 5.92 Å². The average Bonchev–Trinajstić information content (AvgIpc) is 3.18. The summed E-state index contributed by atoms with van der Waals surface area (Å²) in [4.78, 5) is 16.8. The molecule has 7 heteroatoms. The Hall–Kier alpha value is -1.73. The SMILES string of the molecule is COc1cc(CSc2nc(CC(=O)NCC3CCCCC3)cs2)cc(OC)c1. The van der Waals surface area contributed by atoms with Gasteiger partial charge in [-0.2, -0.15) is 0 Å². The average molecular weight is 421 g/mol. The number of rotatable bonds is 9. The second-order valence-corrected chi connectivity index (χ2v) is 9.18. The number of aromatic nitrogens is 1. The van der Waals surface area contributed by atoms with E-state index < -0.39 is 0 Å². The third-order valence-electron chi connectivity index (χ3n) is 4.96. The Morgan fingerprint density at radius 3 is 2.57 bits per heavy atom. The molecule has 1 aromatic carbocycles. The number of carbonyl (C=O) groups is 1. The van der Waals surface area contributed by atoms with Crippen molar-refractivity contribution in [1.82, 2.24) is 10.3 Å². The number of thioether (sulfide) groups is 1. The molecule has 0 atom stereocenters. The van der Waals surface area contributed by atoms with Gasteiger partial charge in [0.2, 0.25) is 5.91 Å².